The maximum absolute atomic E-state index is 4.16. The molecule has 1 aromatic carbocycles. The molecule has 1 aromatic rings. The lowest BCUT2D eigenvalue weighted by Crippen LogP contribution is -2.41. The summed E-state index contributed by atoms with van der Waals surface area (Å²) in [5.74, 6) is 0.810. The maximum atomic E-state index is 4.16. The van der Waals surface area contributed by atoms with Gasteiger partial charge in [0.2, 0.25) is 0 Å². The van der Waals surface area contributed by atoms with Crippen LogP contribution in [0.2, 0.25) is 0 Å². The Morgan fingerprint density at radius 2 is 2.14 bits per heavy atom. The number of rotatable bonds is 7. The van der Waals surface area contributed by atoms with Crippen LogP contribution < -0.4 is 15.5 Å². The van der Waals surface area contributed by atoms with Crippen molar-refractivity contribution in [1.82, 2.24) is 10.6 Å². The summed E-state index contributed by atoms with van der Waals surface area (Å²) < 4.78 is 0. The molecule has 0 bridgehead atoms. The van der Waals surface area contributed by atoms with Crippen LogP contribution in [0.3, 0.4) is 0 Å². The van der Waals surface area contributed by atoms with Crippen molar-refractivity contribution >= 4 is 35.6 Å². The van der Waals surface area contributed by atoms with E-state index in [2.05, 4.69) is 65.2 Å². The number of halogens is 1. The van der Waals surface area contributed by atoms with Gasteiger partial charge >= 0.3 is 0 Å². The molecular formula is C16H27IN4. The van der Waals surface area contributed by atoms with Crippen molar-refractivity contribution in [2.24, 2.45) is 4.99 Å². The van der Waals surface area contributed by atoms with Crippen molar-refractivity contribution in [3.8, 4) is 0 Å². The Balaban J connectivity index is 0.00000400. The molecule has 0 unspecified atom stereocenters. The zero-order chi connectivity index (χ0) is 14.8. The van der Waals surface area contributed by atoms with E-state index in [0.717, 1.165) is 32.1 Å². The standard InChI is InChI=1S/C16H26N4.HI/c1-5-10-18-16(17-4)19-11-12-20(6-2)15-9-7-8-14(3)13-15;/h5,7-9,13H,1,6,10-12H2,2-4H3,(H2,17,18,19);1H. The van der Waals surface area contributed by atoms with Gasteiger partial charge in [-0.1, -0.05) is 18.2 Å². The summed E-state index contributed by atoms with van der Waals surface area (Å²) in [5, 5.41) is 6.46. The predicted molar refractivity (Wildman–Crippen MR) is 104 cm³/mol. The average Bonchev–Trinajstić information content (AvgIpc) is 2.46. The van der Waals surface area contributed by atoms with Crippen molar-refractivity contribution in [2.45, 2.75) is 13.8 Å². The molecule has 118 valence electrons. The molecule has 21 heavy (non-hydrogen) atoms. The van der Waals surface area contributed by atoms with E-state index in [9.17, 15) is 0 Å². The van der Waals surface area contributed by atoms with Gasteiger partial charge in [0.1, 0.15) is 0 Å². The second-order valence-electron chi connectivity index (χ2n) is 4.59. The molecule has 0 atom stereocenters. The third kappa shape index (κ3) is 7.36. The largest absolute Gasteiger partial charge is 0.370 e. The van der Waals surface area contributed by atoms with E-state index >= 15 is 0 Å². The Labute approximate surface area is 145 Å². The maximum Gasteiger partial charge on any atom is 0.191 e. The Kier molecular flexibility index (Phi) is 10.7. The van der Waals surface area contributed by atoms with Crippen molar-refractivity contribution in [2.75, 3.05) is 38.1 Å². The Hall–Kier alpha value is -1.24. The summed E-state index contributed by atoms with van der Waals surface area (Å²) >= 11 is 0. The quantitative estimate of drug-likeness (QED) is 0.319. The van der Waals surface area contributed by atoms with Crippen molar-refractivity contribution in [3.63, 3.8) is 0 Å². The second-order valence-corrected chi connectivity index (χ2v) is 4.59. The molecule has 0 spiro atoms. The van der Waals surface area contributed by atoms with Crippen LogP contribution in [0.4, 0.5) is 5.69 Å². The van der Waals surface area contributed by atoms with Gasteiger partial charge in [0.15, 0.2) is 5.96 Å². The smallest absolute Gasteiger partial charge is 0.191 e. The summed E-state index contributed by atoms with van der Waals surface area (Å²) in [6.45, 7) is 11.5. The highest BCUT2D eigenvalue weighted by Crippen LogP contribution is 2.14. The summed E-state index contributed by atoms with van der Waals surface area (Å²) in [4.78, 5) is 6.51. The zero-order valence-corrected chi connectivity index (χ0v) is 15.6. The number of aliphatic imine (C=N–C) groups is 1. The molecule has 0 aromatic heterocycles. The van der Waals surface area contributed by atoms with Gasteiger partial charge in [0.05, 0.1) is 0 Å². The summed E-state index contributed by atoms with van der Waals surface area (Å²) in [7, 11) is 1.77. The molecule has 0 saturated carbocycles. The van der Waals surface area contributed by atoms with Gasteiger partial charge in [0.25, 0.3) is 0 Å². The third-order valence-corrected chi connectivity index (χ3v) is 3.06. The first-order chi connectivity index (χ1) is 9.71. The molecule has 5 heteroatoms. The topological polar surface area (TPSA) is 39.7 Å². The number of benzene rings is 1. The molecule has 4 nitrogen and oxygen atoms in total. The zero-order valence-electron chi connectivity index (χ0n) is 13.2. The van der Waals surface area contributed by atoms with E-state index in [1.807, 2.05) is 6.08 Å². The summed E-state index contributed by atoms with van der Waals surface area (Å²) in [5.41, 5.74) is 2.56. The Morgan fingerprint density at radius 3 is 2.71 bits per heavy atom. The van der Waals surface area contributed by atoms with Crippen LogP contribution >= 0.6 is 24.0 Å². The van der Waals surface area contributed by atoms with Gasteiger partial charge in [-0.05, 0) is 31.5 Å². The molecule has 0 aliphatic carbocycles. The van der Waals surface area contributed by atoms with Gasteiger partial charge in [-0.15, -0.1) is 30.6 Å². The van der Waals surface area contributed by atoms with E-state index in [4.69, 9.17) is 0 Å². The fourth-order valence-corrected chi connectivity index (χ4v) is 1.99. The third-order valence-electron chi connectivity index (χ3n) is 3.06. The molecule has 2 N–H and O–H groups in total. The highest BCUT2D eigenvalue weighted by Gasteiger charge is 2.04. The average molecular weight is 402 g/mol. The molecule has 0 fully saturated rings. The van der Waals surface area contributed by atoms with Crippen LogP contribution in [0.15, 0.2) is 41.9 Å². The molecule has 0 radical (unpaired) electrons. The number of anilines is 1. The number of nitrogens with one attached hydrogen (secondary N) is 2. The van der Waals surface area contributed by atoms with Crippen molar-refractivity contribution in [3.05, 3.63) is 42.5 Å². The van der Waals surface area contributed by atoms with Gasteiger partial charge in [-0.2, -0.15) is 0 Å². The van der Waals surface area contributed by atoms with Crippen LogP contribution in [0, 0.1) is 6.92 Å². The lowest BCUT2D eigenvalue weighted by Gasteiger charge is -2.24. The summed E-state index contributed by atoms with van der Waals surface area (Å²) in [6.07, 6.45) is 1.82. The normalized spacial score (nSPS) is 10.5. The number of likely N-dealkylation sites (N-methyl/N-ethyl adjacent to an activating group) is 1. The monoisotopic (exact) mass is 402 g/mol. The highest BCUT2D eigenvalue weighted by atomic mass is 127. The second kappa shape index (κ2) is 11.4. The number of guanidine groups is 1. The fraction of sp³-hybridized carbons (Fsp3) is 0.438. The van der Waals surface area contributed by atoms with E-state index in [-0.39, 0.29) is 24.0 Å². The van der Waals surface area contributed by atoms with Crippen LogP contribution in [0.1, 0.15) is 12.5 Å². The van der Waals surface area contributed by atoms with Crippen LogP contribution in [0.25, 0.3) is 0 Å². The molecule has 0 aliphatic rings. The first-order valence-corrected chi connectivity index (χ1v) is 7.08. The highest BCUT2D eigenvalue weighted by molar-refractivity contribution is 14.0. The van der Waals surface area contributed by atoms with Gasteiger partial charge < -0.3 is 15.5 Å². The van der Waals surface area contributed by atoms with Gasteiger partial charge in [0, 0.05) is 38.9 Å². The van der Waals surface area contributed by atoms with E-state index in [1.54, 1.807) is 7.05 Å². The first kappa shape index (κ1) is 19.8. The molecular weight excluding hydrogens is 375 g/mol. The number of nitrogens with zero attached hydrogens (tertiary/aromatic N) is 2. The molecule has 0 heterocycles. The van der Waals surface area contributed by atoms with Crippen molar-refractivity contribution < 1.29 is 0 Å². The molecule has 0 saturated heterocycles. The van der Waals surface area contributed by atoms with Gasteiger partial charge in [-0.3, -0.25) is 4.99 Å². The minimum Gasteiger partial charge on any atom is -0.370 e. The van der Waals surface area contributed by atoms with Crippen LogP contribution in [-0.4, -0.2) is 39.2 Å². The molecule has 1 rings (SSSR count). The lowest BCUT2D eigenvalue weighted by molar-refractivity contribution is 0.759. The fourth-order valence-electron chi connectivity index (χ4n) is 1.99. The van der Waals surface area contributed by atoms with Crippen LogP contribution in [-0.2, 0) is 0 Å². The predicted octanol–water partition coefficient (Wildman–Crippen LogP) is 2.79. The lowest BCUT2D eigenvalue weighted by atomic mass is 10.2. The SMILES string of the molecule is C=CCNC(=NC)NCCN(CC)c1cccc(C)c1.I. The Bertz CT molecular complexity index is 446. The molecule has 0 aliphatic heterocycles. The number of hydrogen-bond acceptors (Lipinski definition) is 2. The Morgan fingerprint density at radius 1 is 1.38 bits per heavy atom. The van der Waals surface area contributed by atoms with Gasteiger partial charge in [-0.25, -0.2) is 0 Å². The van der Waals surface area contributed by atoms with Crippen LogP contribution in [0.5, 0.6) is 0 Å². The van der Waals surface area contributed by atoms with E-state index in [1.165, 1.54) is 11.3 Å². The van der Waals surface area contributed by atoms with Crippen molar-refractivity contribution in [1.29, 1.82) is 0 Å². The minimum absolute atomic E-state index is 0. The van der Waals surface area contributed by atoms with E-state index in [0.29, 0.717) is 0 Å². The van der Waals surface area contributed by atoms with E-state index < -0.39 is 0 Å². The number of hydrogen-bond donors (Lipinski definition) is 2. The minimum atomic E-state index is 0. The number of aryl methyl sites for hydroxylation is 1. The summed E-state index contributed by atoms with van der Waals surface area (Å²) in [6, 6.07) is 8.59. The first-order valence-electron chi connectivity index (χ1n) is 7.08. The molecule has 0 amide bonds.